The number of hydrogen-bond donors (Lipinski definition) is 1. The minimum absolute atomic E-state index is 0. The average molecular weight is 241 g/mol. The van der Waals surface area contributed by atoms with E-state index in [1.54, 1.807) is 6.07 Å². The lowest BCUT2D eigenvalue weighted by molar-refractivity contribution is 0.727. The molecule has 0 atom stereocenters. The van der Waals surface area contributed by atoms with E-state index in [4.69, 9.17) is 23.2 Å². The molecule has 0 heterocycles. The van der Waals surface area contributed by atoms with Gasteiger partial charge in [0, 0.05) is 6.54 Å². The van der Waals surface area contributed by atoms with Crippen LogP contribution in [0.5, 0.6) is 0 Å². The third-order valence-corrected chi connectivity index (χ3v) is 2.46. The Kier molecular flexibility index (Phi) is 6.52. The van der Waals surface area contributed by atoms with Crippen LogP contribution in [-0.2, 0) is 6.54 Å². The summed E-state index contributed by atoms with van der Waals surface area (Å²) in [7, 11) is 0. The molecule has 0 spiro atoms. The Balaban J connectivity index is 0.00000144. The number of rotatable bonds is 3. The van der Waals surface area contributed by atoms with E-state index >= 15 is 0 Å². The van der Waals surface area contributed by atoms with E-state index in [1.165, 1.54) is 0 Å². The fourth-order valence-electron chi connectivity index (χ4n) is 0.945. The van der Waals surface area contributed by atoms with Gasteiger partial charge in [-0.2, -0.15) is 0 Å². The SMILES string of the molecule is CCNCc1cccc(Cl)c1Cl.Cl. The first-order valence-electron chi connectivity index (χ1n) is 3.89. The van der Waals surface area contributed by atoms with Gasteiger partial charge >= 0.3 is 0 Å². The molecule has 74 valence electrons. The monoisotopic (exact) mass is 239 g/mol. The van der Waals surface area contributed by atoms with Crippen LogP contribution in [0.4, 0.5) is 0 Å². The Hall–Kier alpha value is 0.0500. The number of halogens is 3. The molecule has 0 aliphatic heterocycles. The minimum atomic E-state index is 0. The zero-order valence-corrected chi connectivity index (χ0v) is 9.64. The van der Waals surface area contributed by atoms with Gasteiger partial charge in [0.25, 0.3) is 0 Å². The van der Waals surface area contributed by atoms with Crippen LogP contribution >= 0.6 is 35.6 Å². The van der Waals surface area contributed by atoms with E-state index < -0.39 is 0 Å². The predicted octanol–water partition coefficient (Wildman–Crippen LogP) is 3.52. The van der Waals surface area contributed by atoms with Crippen LogP contribution in [0, 0.1) is 0 Å². The summed E-state index contributed by atoms with van der Waals surface area (Å²) < 4.78 is 0. The molecular formula is C9H12Cl3N. The Morgan fingerprint density at radius 3 is 2.62 bits per heavy atom. The molecule has 0 unspecified atom stereocenters. The first-order chi connectivity index (χ1) is 5.75. The zero-order chi connectivity index (χ0) is 8.97. The van der Waals surface area contributed by atoms with Crippen molar-refractivity contribution in [3.63, 3.8) is 0 Å². The van der Waals surface area contributed by atoms with Gasteiger partial charge in [0.05, 0.1) is 10.0 Å². The van der Waals surface area contributed by atoms with Crippen molar-refractivity contribution in [3.05, 3.63) is 33.8 Å². The molecule has 0 saturated heterocycles. The van der Waals surface area contributed by atoms with E-state index in [0.29, 0.717) is 10.0 Å². The topological polar surface area (TPSA) is 12.0 Å². The van der Waals surface area contributed by atoms with Crippen molar-refractivity contribution in [2.45, 2.75) is 13.5 Å². The van der Waals surface area contributed by atoms with Crippen molar-refractivity contribution in [1.82, 2.24) is 5.32 Å². The normalized spacial score (nSPS) is 9.46. The predicted molar refractivity (Wildman–Crippen MR) is 61.1 cm³/mol. The van der Waals surface area contributed by atoms with Gasteiger partial charge in [0.1, 0.15) is 0 Å². The van der Waals surface area contributed by atoms with Crippen LogP contribution in [0.3, 0.4) is 0 Å². The highest BCUT2D eigenvalue weighted by Crippen LogP contribution is 2.25. The van der Waals surface area contributed by atoms with E-state index in [-0.39, 0.29) is 12.4 Å². The lowest BCUT2D eigenvalue weighted by Gasteiger charge is -2.05. The van der Waals surface area contributed by atoms with Gasteiger partial charge in [0.15, 0.2) is 0 Å². The largest absolute Gasteiger partial charge is 0.313 e. The molecule has 0 fully saturated rings. The Labute approximate surface area is 94.8 Å². The second-order valence-corrected chi connectivity index (χ2v) is 3.28. The number of hydrogen-bond acceptors (Lipinski definition) is 1. The molecule has 1 nitrogen and oxygen atoms in total. The second kappa shape index (κ2) is 6.50. The van der Waals surface area contributed by atoms with Crippen molar-refractivity contribution in [3.8, 4) is 0 Å². The highest BCUT2D eigenvalue weighted by Gasteiger charge is 2.02. The quantitative estimate of drug-likeness (QED) is 0.852. The van der Waals surface area contributed by atoms with Gasteiger partial charge in [-0.25, -0.2) is 0 Å². The molecule has 0 saturated carbocycles. The molecular weight excluding hydrogens is 228 g/mol. The third-order valence-electron chi connectivity index (χ3n) is 1.60. The summed E-state index contributed by atoms with van der Waals surface area (Å²) in [5, 5.41) is 4.46. The van der Waals surface area contributed by atoms with E-state index in [2.05, 4.69) is 12.2 Å². The van der Waals surface area contributed by atoms with Crippen LogP contribution in [0.1, 0.15) is 12.5 Å². The van der Waals surface area contributed by atoms with Crippen LogP contribution in [-0.4, -0.2) is 6.54 Å². The van der Waals surface area contributed by atoms with Crippen molar-refractivity contribution >= 4 is 35.6 Å². The Bertz CT molecular complexity index is 263. The second-order valence-electron chi connectivity index (χ2n) is 2.49. The molecule has 4 heteroatoms. The van der Waals surface area contributed by atoms with Gasteiger partial charge < -0.3 is 5.32 Å². The van der Waals surface area contributed by atoms with Crippen molar-refractivity contribution in [2.24, 2.45) is 0 Å². The fraction of sp³-hybridized carbons (Fsp3) is 0.333. The minimum Gasteiger partial charge on any atom is -0.313 e. The van der Waals surface area contributed by atoms with Crippen LogP contribution < -0.4 is 5.32 Å². The summed E-state index contributed by atoms with van der Waals surface area (Å²) in [5.41, 5.74) is 1.05. The number of benzene rings is 1. The van der Waals surface area contributed by atoms with E-state index in [1.807, 2.05) is 12.1 Å². The smallest absolute Gasteiger partial charge is 0.0637 e. The maximum Gasteiger partial charge on any atom is 0.0637 e. The molecule has 1 N–H and O–H groups in total. The molecule has 13 heavy (non-hydrogen) atoms. The molecule has 0 aliphatic carbocycles. The summed E-state index contributed by atoms with van der Waals surface area (Å²) in [6.45, 7) is 3.76. The van der Waals surface area contributed by atoms with Crippen molar-refractivity contribution in [1.29, 1.82) is 0 Å². The van der Waals surface area contributed by atoms with Crippen LogP contribution in [0.15, 0.2) is 18.2 Å². The summed E-state index contributed by atoms with van der Waals surface area (Å²) in [6.07, 6.45) is 0. The molecule has 1 rings (SSSR count). The van der Waals surface area contributed by atoms with Gasteiger partial charge in [-0.1, -0.05) is 42.3 Å². The van der Waals surface area contributed by atoms with Gasteiger partial charge in [0.2, 0.25) is 0 Å². The maximum absolute atomic E-state index is 5.96. The molecule has 0 radical (unpaired) electrons. The van der Waals surface area contributed by atoms with E-state index in [9.17, 15) is 0 Å². The zero-order valence-electron chi connectivity index (χ0n) is 7.31. The summed E-state index contributed by atoms with van der Waals surface area (Å²) >= 11 is 11.8. The van der Waals surface area contributed by atoms with Gasteiger partial charge in [-0.3, -0.25) is 0 Å². The third kappa shape index (κ3) is 3.74. The first kappa shape index (κ1) is 13.1. The molecule has 0 bridgehead atoms. The molecule has 0 aliphatic rings. The van der Waals surface area contributed by atoms with Crippen LogP contribution in [0.2, 0.25) is 10.0 Å². The summed E-state index contributed by atoms with van der Waals surface area (Å²) in [6, 6.07) is 5.66. The Morgan fingerprint density at radius 2 is 2.00 bits per heavy atom. The maximum atomic E-state index is 5.96. The molecule has 0 aromatic heterocycles. The lowest BCUT2D eigenvalue weighted by atomic mass is 10.2. The molecule has 1 aromatic carbocycles. The number of nitrogens with one attached hydrogen (secondary N) is 1. The standard InChI is InChI=1S/C9H11Cl2N.ClH/c1-2-12-6-7-4-3-5-8(10)9(7)11;/h3-5,12H,2,6H2,1H3;1H. The van der Waals surface area contributed by atoms with E-state index in [0.717, 1.165) is 18.7 Å². The van der Waals surface area contributed by atoms with Gasteiger partial charge in [-0.15, -0.1) is 12.4 Å². The highest BCUT2D eigenvalue weighted by molar-refractivity contribution is 6.42. The summed E-state index contributed by atoms with van der Waals surface area (Å²) in [5.74, 6) is 0. The molecule has 1 aromatic rings. The molecule has 0 amide bonds. The summed E-state index contributed by atoms with van der Waals surface area (Å²) in [4.78, 5) is 0. The first-order valence-corrected chi connectivity index (χ1v) is 4.65. The fourth-order valence-corrected chi connectivity index (χ4v) is 1.33. The van der Waals surface area contributed by atoms with Gasteiger partial charge in [-0.05, 0) is 18.2 Å². The van der Waals surface area contributed by atoms with Crippen LogP contribution in [0.25, 0.3) is 0 Å². The lowest BCUT2D eigenvalue weighted by Crippen LogP contribution is -2.11. The highest BCUT2D eigenvalue weighted by atomic mass is 35.5. The van der Waals surface area contributed by atoms with Crippen molar-refractivity contribution < 1.29 is 0 Å². The van der Waals surface area contributed by atoms with Crippen molar-refractivity contribution in [2.75, 3.05) is 6.54 Å². The Morgan fingerprint density at radius 1 is 1.31 bits per heavy atom. The average Bonchev–Trinajstić information content (AvgIpc) is 2.08.